The second kappa shape index (κ2) is 12.7. The predicted molar refractivity (Wildman–Crippen MR) is 237 cm³/mol. The Hall–Kier alpha value is -7.69. The molecule has 0 radical (unpaired) electrons. The van der Waals surface area contributed by atoms with Gasteiger partial charge in [0.1, 0.15) is 0 Å². The number of benzene rings is 9. The van der Waals surface area contributed by atoms with E-state index < -0.39 is 5.41 Å². The zero-order chi connectivity index (χ0) is 38.2. The second-order valence-corrected chi connectivity index (χ2v) is 15.1. The minimum absolute atomic E-state index is 0.525. The van der Waals surface area contributed by atoms with Gasteiger partial charge in [-0.2, -0.15) is 9.97 Å². The maximum atomic E-state index is 5.46. The molecule has 9 aromatic carbocycles. The van der Waals surface area contributed by atoms with E-state index in [1.54, 1.807) is 0 Å². The molecule has 4 nitrogen and oxygen atoms in total. The zero-order valence-electron chi connectivity index (χ0n) is 31.4. The summed E-state index contributed by atoms with van der Waals surface area (Å²) in [6, 6.07) is 73.8. The molecule has 1 aliphatic heterocycles. The van der Waals surface area contributed by atoms with E-state index in [4.69, 9.17) is 15.0 Å². The average molecular weight is 739 g/mol. The van der Waals surface area contributed by atoms with Crippen molar-refractivity contribution < 1.29 is 0 Å². The Bertz CT molecular complexity index is 3160. The van der Waals surface area contributed by atoms with Gasteiger partial charge in [0.05, 0.1) is 16.8 Å². The maximum absolute atomic E-state index is 5.46. The number of rotatable bonds is 4. The topological polar surface area (TPSA) is 41.9 Å². The molecule has 1 aliphatic carbocycles. The van der Waals surface area contributed by atoms with E-state index in [0.717, 1.165) is 33.3 Å². The van der Waals surface area contributed by atoms with Crippen molar-refractivity contribution in [2.75, 3.05) is 4.90 Å². The smallest absolute Gasteiger partial charge is 0.238 e. The van der Waals surface area contributed by atoms with Gasteiger partial charge in [-0.25, -0.2) is 4.98 Å². The predicted octanol–water partition coefficient (Wildman–Crippen LogP) is 13.3. The van der Waals surface area contributed by atoms with Gasteiger partial charge in [-0.15, -0.1) is 0 Å². The summed E-state index contributed by atoms with van der Waals surface area (Å²) in [5, 5.41) is 4.68. The van der Waals surface area contributed by atoms with Crippen LogP contribution in [0.5, 0.6) is 0 Å². The molecule has 1 aromatic heterocycles. The minimum Gasteiger partial charge on any atom is -0.278 e. The number of hydrogen-bond donors (Lipinski definition) is 0. The van der Waals surface area contributed by atoms with Gasteiger partial charge in [-0.05, 0) is 78.2 Å². The summed E-state index contributed by atoms with van der Waals surface area (Å²) in [6.07, 6.45) is 0. The van der Waals surface area contributed by atoms with Crippen molar-refractivity contribution in [1.29, 1.82) is 0 Å². The fraction of sp³-hybridized carbons (Fsp3) is 0.0185. The van der Waals surface area contributed by atoms with E-state index in [2.05, 4.69) is 193 Å². The van der Waals surface area contributed by atoms with Crippen molar-refractivity contribution in [3.05, 3.63) is 229 Å². The van der Waals surface area contributed by atoms with E-state index in [9.17, 15) is 0 Å². The highest BCUT2D eigenvalue weighted by atomic mass is 15.3. The molecule has 0 saturated carbocycles. The number of fused-ring (bicyclic) bond motifs is 11. The molecule has 270 valence electrons. The summed E-state index contributed by atoms with van der Waals surface area (Å²) in [5.74, 6) is 1.81. The van der Waals surface area contributed by atoms with Gasteiger partial charge in [0.15, 0.2) is 11.6 Å². The summed E-state index contributed by atoms with van der Waals surface area (Å²) in [4.78, 5) is 18.3. The monoisotopic (exact) mass is 738 g/mol. The Morgan fingerprint density at radius 2 is 0.759 bits per heavy atom. The molecule has 10 aromatic rings. The summed E-state index contributed by atoms with van der Waals surface area (Å²) in [5.41, 5.74) is 13.3. The van der Waals surface area contributed by atoms with E-state index >= 15 is 0 Å². The Kier molecular flexibility index (Phi) is 7.11. The molecule has 0 atom stereocenters. The standard InChI is InChI=1S/C54H34N4/c1-2-18-36(19-3-1)51-55-52(44-28-16-26-40-39(25-15-27-41(40)44)38-24-14-20-35-17-4-5-21-37(35)38)57-53(56-51)58-49-33-12-10-31-47(49)54(48-32-11-13-34-50(48)58)45-29-8-6-22-42(45)43-23-7-9-30-46(43)54/h1-34H. The van der Waals surface area contributed by atoms with Gasteiger partial charge in [0.2, 0.25) is 5.95 Å². The Balaban J connectivity index is 1.12. The van der Waals surface area contributed by atoms with Crippen LogP contribution < -0.4 is 4.90 Å². The fourth-order valence-electron chi connectivity index (χ4n) is 9.78. The lowest BCUT2D eigenvalue weighted by Gasteiger charge is -2.44. The molecule has 12 rings (SSSR count). The lowest BCUT2D eigenvalue weighted by Crippen LogP contribution is -2.36. The van der Waals surface area contributed by atoms with Crippen molar-refractivity contribution >= 4 is 38.9 Å². The SMILES string of the molecule is c1ccc(-c2nc(-c3cccc4c(-c5cccc6ccccc56)cccc34)nc(N3c4ccccc4C4(c5ccccc5-c5ccccc54)c4ccccc43)n2)cc1. The Labute approximate surface area is 336 Å². The van der Waals surface area contributed by atoms with Crippen molar-refractivity contribution in [3.8, 4) is 45.0 Å². The fourth-order valence-corrected chi connectivity index (χ4v) is 9.78. The highest BCUT2D eigenvalue weighted by Crippen LogP contribution is 2.63. The molecule has 0 bridgehead atoms. The van der Waals surface area contributed by atoms with Crippen LogP contribution in [0.1, 0.15) is 22.3 Å². The molecule has 0 N–H and O–H groups in total. The largest absolute Gasteiger partial charge is 0.278 e. The zero-order valence-corrected chi connectivity index (χ0v) is 31.4. The number of anilines is 3. The molecular weight excluding hydrogens is 705 g/mol. The Morgan fingerprint density at radius 1 is 0.310 bits per heavy atom. The number of nitrogens with zero attached hydrogens (tertiary/aromatic N) is 4. The third kappa shape index (κ3) is 4.60. The van der Waals surface area contributed by atoms with Crippen LogP contribution in [-0.2, 0) is 5.41 Å². The molecule has 2 heterocycles. The third-order valence-corrected chi connectivity index (χ3v) is 12.1. The first-order valence-electron chi connectivity index (χ1n) is 19.8. The van der Waals surface area contributed by atoms with Crippen molar-refractivity contribution in [2.45, 2.75) is 5.41 Å². The third-order valence-electron chi connectivity index (χ3n) is 12.1. The van der Waals surface area contributed by atoms with Crippen LogP contribution in [0.15, 0.2) is 206 Å². The van der Waals surface area contributed by atoms with Crippen LogP contribution >= 0.6 is 0 Å². The first kappa shape index (κ1) is 32.5. The van der Waals surface area contributed by atoms with Crippen molar-refractivity contribution in [1.82, 2.24) is 15.0 Å². The van der Waals surface area contributed by atoms with Crippen molar-refractivity contribution in [2.24, 2.45) is 0 Å². The molecule has 0 saturated heterocycles. The molecule has 58 heavy (non-hydrogen) atoms. The van der Waals surface area contributed by atoms with Crippen LogP contribution in [0.4, 0.5) is 17.3 Å². The van der Waals surface area contributed by atoms with Crippen LogP contribution in [-0.4, -0.2) is 15.0 Å². The van der Waals surface area contributed by atoms with Crippen LogP contribution in [0, 0.1) is 0 Å². The number of para-hydroxylation sites is 2. The molecule has 0 amide bonds. The quantitative estimate of drug-likeness (QED) is 0.180. The minimum atomic E-state index is -0.525. The van der Waals surface area contributed by atoms with Crippen LogP contribution in [0.3, 0.4) is 0 Å². The summed E-state index contributed by atoms with van der Waals surface area (Å²) in [6.45, 7) is 0. The Morgan fingerprint density at radius 3 is 1.45 bits per heavy atom. The van der Waals surface area contributed by atoms with Gasteiger partial charge < -0.3 is 0 Å². The van der Waals surface area contributed by atoms with Gasteiger partial charge in [-0.1, -0.05) is 194 Å². The lowest BCUT2D eigenvalue weighted by atomic mass is 9.65. The highest BCUT2D eigenvalue weighted by Gasteiger charge is 2.51. The molecule has 0 fully saturated rings. The van der Waals surface area contributed by atoms with Crippen molar-refractivity contribution in [3.63, 3.8) is 0 Å². The van der Waals surface area contributed by atoms with E-state index in [0.29, 0.717) is 17.6 Å². The summed E-state index contributed by atoms with van der Waals surface area (Å²) in [7, 11) is 0. The average Bonchev–Trinajstić information content (AvgIpc) is 3.59. The van der Waals surface area contributed by atoms with Gasteiger partial charge in [0.25, 0.3) is 0 Å². The molecule has 4 heteroatoms. The van der Waals surface area contributed by atoms with E-state index in [1.807, 2.05) is 18.2 Å². The van der Waals surface area contributed by atoms with Gasteiger partial charge >= 0.3 is 0 Å². The van der Waals surface area contributed by atoms with Crippen LogP contribution in [0.25, 0.3) is 66.6 Å². The van der Waals surface area contributed by atoms with E-state index in [1.165, 1.54) is 55.3 Å². The first-order chi connectivity index (χ1) is 28.8. The molecule has 1 spiro atoms. The maximum Gasteiger partial charge on any atom is 0.238 e. The first-order valence-corrected chi connectivity index (χ1v) is 19.8. The normalized spacial score (nSPS) is 13.3. The molecule has 2 aliphatic rings. The van der Waals surface area contributed by atoms with Gasteiger partial charge in [0, 0.05) is 11.1 Å². The van der Waals surface area contributed by atoms with Gasteiger partial charge in [-0.3, -0.25) is 4.90 Å². The number of hydrogen-bond acceptors (Lipinski definition) is 4. The van der Waals surface area contributed by atoms with E-state index in [-0.39, 0.29) is 0 Å². The lowest BCUT2D eigenvalue weighted by molar-refractivity contribution is 0.749. The van der Waals surface area contributed by atoms with Crippen LogP contribution in [0.2, 0.25) is 0 Å². The second-order valence-electron chi connectivity index (χ2n) is 15.1. The molecule has 0 unspecified atom stereocenters. The summed E-state index contributed by atoms with van der Waals surface area (Å²) >= 11 is 0. The molecular formula is C54H34N4. The summed E-state index contributed by atoms with van der Waals surface area (Å²) < 4.78 is 0. The highest BCUT2D eigenvalue weighted by molar-refractivity contribution is 6.09. The number of aromatic nitrogens is 3.